The van der Waals surface area contributed by atoms with Gasteiger partial charge >= 0.3 is 0 Å². The molecule has 0 aromatic heterocycles. The number of amides is 2. The van der Waals surface area contributed by atoms with Gasteiger partial charge < -0.3 is 15.0 Å². The SMILES string of the molecule is COc1ccc(C(=O)NC(C(=O)N(C)Cc2ccc(F)cc2)C(C)C)cc1. The third-order valence-corrected chi connectivity index (χ3v) is 4.28. The molecule has 0 saturated heterocycles. The van der Waals surface area contributed by atoms with Gasteiger partial charge in [-0.2, -0.15) is 0 Å². The van der Waals surface area contributed by atoms with Crippen molar-refractivity contribution in [3.63, 3.8) is 0 Å². The van der Waals surface area contributed by atoms with Crippen molar-refractivity contribution in [3.05, 3.63) is 65.5 Å². The summed E-state index contributed by atoms with van der Waals surface area (Å²) in [5.41, 5.74) is 1.27. The maximum Gasteiger partial charge on any atom is 0.251 e. The molecule has 2 amide bonds. The number of halogens is 1. The normalized spacial score (nSPS) is 11.8. The Hall–Kier alpha value is -2.89. The molecule has 1 atom stereocenters. The molecule has 0 bridgehead atoms. The van der Waals surface area contributed by atoms with Crippen LogP contribution >= 0.6 is 0 Å². The first-order valence-corrected chi connectivity index (χ1v) is 8.76. The summed E-state index contributed by atoms with van der Waals surface area (Å²) in [4.78, 5) is 26.9. The van der Waals surface area contributed by atoms with Gasteiger partial charge in [0, 0.05) is 19.2 Å². The number of likely N-dealkylation sites (N-methyl/N-ethyl adjacent to an activating group) is 1. The van der Waals surface area contributed by atoms with Crippen LogP contribution in [0.4, 0.5) is 4.39 Å². The third-order valence-electron chi connectivity index (χ3n) is 4.28. The van der Waals surface area contributed by atoms with Crippen LogP contribution in [0.3, 0.4) is 0 Å². The van der Waals surface area contributed by atoms with Crippen LogP contribution in [-0.2, 0) is 11.3 Å². The Bertz CT molecular complexity index is 773. The predicted octanol–water partition coefficient (Wildman–Crippen LogP) is 3.25. The maximum atomic E-state index is 13.0. The number of nitrogens with zero attached hydrogens (tertiary/aromatic N) is 1. The summed E-state index contributed by atoms with van der Waals surface area (Å²) in [7, 11) is 3.22. The molecule has 0 spiro atoms. The number of methoxy groups -OCH3 is 1. The van der Waals surface area contributed by atoms with Gasteiger partial charge in [-0.3, -0.25) is 9.59 Å². The number of hydrogen-bond acceptors (Lipinski definition) is 3. The van der Waals surface area contributed by atoms with Crippen molar-refractivity contribution in [2.75, 3.05) is 14.2 Å². The quantitative estimate of drug-likeness (QED) is 0.812. The second-order valence-electron chi connectivity index (χ2n) is 6.74. The molecule has 2 aromatic rings. The lowest BCUT2D eigenvalue weighted by Gasteiger charge is -2.27. The fourth-order valence-corrected chi connectivity index (χ4v) is 2.66. The van der Waals surface area contributed by atoms with Gasteiger partial charge in [0.15, 0.2) is 0 Å². The molecule has 5 nitrogen and oxygen atoms in total. The first kappa shape index (κ1) is 20.4. The van der Waals surface area contributed by atoms with Gasteiger partial charge in [-0.05, 0) is 47.9 Å². The lowest BCUT2D eigenvalue weighted by atomic mass is 10.0. The topological polar surface area (TPSA) is 58.6 Å². The van der Waals surface area contributed by atoms with Gasteiger partial charge in [-0.25, -0.2) is 4.39 Å². The van der Waals surface area contributed by atoms with Crippen LogP contribution in [0.2, 0.25) is 0 Å². The van der Waals surface area contributed by atoms with Crippen molar-refractivity contribution in [2.45, 2.75) is 26.4 Å². The molecule has 0 saturated carbocycles. The molecule has 0 heterocycles. The highest BCUT2D eigenvalue weighted by Crippen LogP contribution is 2.14. The zero-order valence-electron chi connectivity index (χ0n) is 16.0. The predicted molar refractivity (Wildman–Crippen MR) is 102 cm³/mol. The Labute approximate surface area is 159 Å². The standard InChI is InChI=1S/C21H25FN2O3/c1-14(2)19(23-20(25)16-7-11-18(27-4)12-8-16)21(26)24(3)13-15-5-9-17(22)10-6-15/h5-12,14,19H,13H2,1-4H3,(H,23,25). The minimum atomic E-state index is -0.662. The number of carbonyl (C=O) groups is 2. The number of hydrogen-bond donors (Lipinski definition) is 1. The van der Waals surface area contributed by atoms with Crippen molar-refractivity contribution in [3.8, 4) is 5.75 Å². The van der Waals surface area contributed by atoms with E-state index >= 15 is 0 Å². The average Bonchev–Trinajstić information content (AvgIpc) is 2.67. The molecule has 2 rings (SSSR count). The van der Waals surface area contributed by atoms with E-state index in [2.05, 4.69) is 5.32 Å². The van der Waals surface area contributed by atoms with Gasteiger partial charge in [0.1, 0.15) is 17.6 Å². The molecule has 0 aliphatic heterocycles. The summed E-state index contributed by atoms with van der Waals surface area (Å²) >= 11 is 0. The van der Waals surface area contributed by atoms with Gasteiger partial charge in [-0.15, -0.1) is 0 Å². The molecule has 1 N–H and O–H groups in total. The summed E-state index contributed by atoms with van der Waals surface area (Å²) in [5, 5.41) is 2.81. The van der Waals surface area contributed by atoms with Gasteiger partial charge in [0.25, 0.3) is 5.91 Å². The van der Waals surface area contributed by atoms with Gasteiger partial charge in [-0.1, -0.05) is 26.0 Å². The van der Waals surface area contributed by atoms with E-state index in [1.807, 2.05) is 13.8 Å². The molecule has 1 unspecified atom stereocenters. The van der Waals surface area contributed by atoms with Crippen molar-refractivity contribution in [1.29, 1.82) is 0 Å². The average molecular weight is 372 g/mol. The van der Waals surface area contributed by atoms with E-state index < -0.39 is 6.04 Å². The molecule has 0 radical (unpaired) electrons. The summed E-state index contributed by atoms with van der Waals surface area (Å²) in [6, 6.07) is 12.0. The van der Waals surface area contributed by atoms with Gasteiger partial charge in [0.05, 0.1) is 7.11 Å². The van der Waals surface area contributed by atoms with Crippen LogP contribution in [0.25, 0.3) is 0 Å². The highest BCUT2D eigenvalue weighted by molar-refractivity contribution is 5.97. The first-order chi connectivity index (χ1) is 12.8. The number of carbonyl (C=O) groups excluding carboxylic acids is 2. The molecule has 27 heavy (non-hydrogen) atoms. The largest absolute Gasteiger partial charge is 0.497 e. The Balaban J connectivity index is 2.06. The molecule has 144 valence electrons. The van der Waals surface area contributed by atoms with Crippen LogP contribution in [0, 0.1) is 11.7 Å². The summed E-state index contributed by atoms with van der Waals surface area (Å²) in [6.07, 6.45) is 0. The molecule has 0 fully saturated rings. The number of nitrogens with one attached hydrogen (secondary N) is 1. The van der Waals surface area contributed by atoms with Crippen LogP contribution in [0.1, 0.15) is 29.8 Å². The van der Waals surface area contributed by atoms with E-state index in [0.717, 1.165) is 5.56 Å². The lowest BCUT2D eigenvalue weighted by Crippen LogP contribution is -2.50. The van der Waals surface area contributed by atoms with E-state index in [9.17, 15) is 14.0 Å². The zero-order chi connectivity index (χ0) is 20.0. The summed E-state index contributed by atoms with van der Waals surface area (Å²) in [5.74, 6) is -0.270. The second kappa shape index (κ2) is 9.16. The Morgan fingerprint density at radius 3 is 2.19 bits per heavy atom. The molecular formula is C21H25FN2O3. The Morgan fingerprint density at radius 2 is 1.67 bits per heavy atom. The van der Waals surface area contributed by atoms with Crippen LogP contribution < -0.4 is 10.1 Å². The molecule has 0 aliphatic carbocycles. The minimum absolute atomic E-state index is 0.0876. The van der Waals surface area contributed by atoms with Crippen LogP contribution in [-0.4, -0.2) is 36.9 Å². The van der Waals surface area contributed by atoms with E-state index in [4.69, 9.17) is 4.74 Å². The van der Waals surface area contributed by atoms with Crippen molar-refractivity contribution < 1.29 is 18.7 Å². The lowest BCUT2D eigenvalue weighted by molar-refractivity contribution is -0.133. The third kappa shape index (κ3) is 5.54. The van der Waals surface area contributed by atoms with Crippen molar-refractivity contribution >= 4 is 11.8 Å². The van der Waals surface area contributed by atoms with E-state index in [-0.39, 0.29) is 23.5 Å². The number of benzene rings is 2. The molecule has 6 heteroatoms. The summed E-state index contributed by atoms with van der Waals surface area (Å²) < 4.78 is 18.1. The minimum Gasteiger partial charge on any atom is -0.497 e. The monoisotopic (exact) mass is 372 g/mol. The van der Waals surface area contributed by atoms with Gasteiger partial charge in [0.2, 0.25) is 5.91 Å². The Kier molecular flexibility index (Phi) is 6.93. The Morgan fingerprint density at radius 1 is 1.07 bits per heavy atom. The van der Waals surface area contributed by atoms with Crippen LogP contribution in [0.5, 0.6) is 5.75 Å². The fraction of sp³-hybridized carbons (Fsp3) is 0.333. The zero-order valence-corrected chi connectivity index (χ0v) is 16.0. The van der Waals surface area contributed by atoms with E-state index in [1.165, 1.54) is 17.0 Å². The smallest absolute Gasteiger partial charge is 0.251 e. The molecule has 2 aromatic carbocycles. The van der Waals surface area contributed by atoms with Crippen molar-refractivity contribution in [2.24, 2.45) is 5.92 Å². The van der Waals surface area contributed by atoms with Crippen molar-refractivity contribution in [1.82, 2.24) is 10.2 Å². The van der Waals surface area contributed by atoms with E-state index in [0.29, 0.717) is 17.9 Å². The molecule has 0 aliphatic rings. The number of rotatable bonds is 7. The maximum absolute atomic E-state index is 13.0. The highest BCUT2D eigenvalue weighted by Gasteiger charge is 2.27. The second-order valence-corrected chi connectivity index (χ2v) is 6.74. The highest BCUT2D eigenvalue weighted by atomic mass is 19.1. The summed E-state index contributed by atoms with van der Waals surface area (Å²) in [6.45, 7) is 4.09. The molecular weight excluding hydrogens is 347 g/mol. The fourth-order valence-electron chi connectivity index (χ4n) is 2.66. The van der Waals surface area contributed by atoms with E-state index in [1.54, 1.807) is 50.6 Å². The first-order valence-electron chi connectivity index (χ1n) is 8.76. The number of ether oxygens (including phenoxy) is 1. The van der Waals surface area contributed by atoms with Crippen LogP contribution in [0.15, 0.2) is 48.5 Å².